The van der Waals surface area contributed by atoms with Crippen LogP contribution in [0.15, 0.2) is 48.5 Å². The second-order valence-corrected chi connectivity index (χ2v) is 4.44. The van der Waals surface area contributed by atoms with Gasteiger partial charge in [-0.3, -0.25) is 10.1 Å². The Morgan fingerprint density at radius 2 is 1.90 bits per heavy atom. The van der Waals surface area contributed by atoms with Crippen molar-refractivity contribution in [2.45, 2.75) is 13.0 Å². The second kappa shape index (κ2) is 6.77. The van der Waals surface area contributed by atoms with Crippen LogP contribution in [0.25, 0.3) is 0 Å². The van der Waals surface area contributed by atoms with E-state index in [1.165, 1.54) is 17.7 Å². The van der Waals surface area contributed by atoms with Crippen LogP contribution >= 0.6 is 0 Å². The fourth-order valence-corrected chi connectivity index (χ4v) is 1.97. The lowest BCUT2D eigenvalue weighted by Crippen LogP contribution is -2.17. The third-order valence-electron chi connectivity index (χ3n) is 2.99. The molecule has 0 fully saturated rings. The number of rotatable bonds is 6. The lowest BCUT2D eigenvalue weighted by molar-refractivity contribution is -0.385. The number of nitrogens with zero attached hydrogens (tertiary/aromatic N) is 1. The van der Waals surface area contributed by atoms with Crippen molar-refractivity contribution in [2.75, 3.05) is 6.54 Å². The van der Waals surface area contributed by atoms with Gasteiger partial charge in [-0.2, -0.15) is 0 Å². The van der Waals surface area contributed by atoms with Crippen molar-refractivity contribution in [1.29, 1.82) is 0 Å². The van der Waals surface area contributed by atoms with Crippen molar-refractivity contribution in [3.63, 3.8) is 0 Å². The quantitative estimate of drug-likeness (QED) is 0.500. The minimum atomic E-state index is -0.492. The zero-order valence-electron chi connectivity index (χ0n) is 10.9. The number of benzene rings is 2. The number of hydrogen-bond acceptors (Lipinski definition) is 3. The molecule has 5 heteroatoms. The average Bonchev–Trinajstić information content (AvgIpc) is 2.44. The number of halogens is 1. The fraction of sp³-hybridized carbons (Fsp3) is 0.200. The molecule has 0 bridgehead atoms. The number of hydrogen-bond donors (Lipinski definition) is 1. The van der Waals surface area contributed by atoms with E-state index in [9.17, 15) is 14.5 Å². The monoisotopic (exact) mass is 274 g/mol. The van der Waals surface area contributed by atoms with E-state index in [1.54, 1.807) is 0 Å². The Hall–Kier alpha value is -2.27. The Bertz CT molecular complexity index is 588. The lowest BCUT2D eigenvalue weighted by Gasteiger charge is -2.06. The Kier molecular flexibility index (Phi) is 4.79. The largest absolute Gasteiger partial charge is 0.312 e. The summed E-state index contributed by atoms with van der Waals surface area (Å²) in [6.45, 7) is 0.957. The standard InChI is InChI=1S/C15H15FN2O2/c16-14-6-7-15(18(19)20)13(10-14)11-17-9-8-12-4-2-1-3-5-12/h1-7,10,17H,8-9,11H2. The summed E-state index contributed by atoms with van der Waals surface area (Å²) in [5.41, 5.74) is 1.50. The summed E-state index contributed by atoms with van der Waals surface area (Å²) in [4.78, 5) is 10.4. The molecule has 0 aliphatic heterocycles. The van der Waals surface area contributed by atoms with Crippen molar-refractivity contribution in [3.8, 4) is 0 Å². The van der Waals surface area contributed by atoms with Crippen LogP contribution in [0.1, 0.15) is 11.1 Å². The van der Waals surface area contributed by atoms with Crippen LogP contribution in [0.3, 0.4) is 0 Å². The van der Waals surface area contributed by atoms with Crippen LogP contribution in [0, 0.1) is 15.9 Å². The topological polar surface area (TPSA) is 55.2 Å². The summed E-state index contributed by atoms with van der Waals surface area (Å²) in [7, 11) is 0. The zero-order valence-corrected chi connectivity index (χ0v) is 10.9. The van der Waals surface area contributed by atoms with Gasteiger partial charge in [-0.25, -0.2) is 4.39 Å². The van der Waals surface area contributed by atoms with Gasteiger partial charge in [-0.15, -0.1) is 0 Å². The Balaban J connectivity index is 1.91. The highest BCUT2D eigenvalue weighted by Crippen LogP contribution is 2.19. The highest BCUT2D eigenvalue weighted by Gasteiger charge is 2.13. The first-order chi connectivity index (χ1) is 9.66. The van der Waals surface area contributed by atoms with Crippen LogP contribution in [-0.4, -0.2) is 11.5 Å². The van der Waals surface area contributed by atoms with Gasteiger partial charge in [0, 0.05) is 18.2 Å². The van der Waals surface area contributed by atoms with E-state index in [1.807, 2.05) is 30.3 Å². The van der Waals surface area contributed by atoms with Crippen molar-refractivity contribution >= 4 is 5.69 Å². The minimum Gasteiger partial charge on any atom is -0.312 e. The number of nitro groups is 1. The first kappa shape index (κ1) is 14.1. The number of nitrogens with one attached hydrogen (secondary N) is 1. The fourth-order valence-electron chi connectivity index (χ4n) is 1.97. The third kappa shape index (κ3) is 3.86. The van der Waals surface area contributed by atoms with Gasteiger partial charge in [0.25, 0.3) is 5.69 Å². The van der Waals surface area contributed by atoms with Crippen molar-refractivity contribution in [3.05, 3.63) is 75.6 Å². The van der Waals surface area contributed by atoms with Crippen molar-refractivity contribution < 1.29 is 9.31 Å². The molecule has 4 nitrogen and oxygen atoms in total. The zero-order chi connectivity index (χ0) is 14.4. The third-order valence-corrected chi connectivity index (χ3v) is 2.99. The first-order valence-electron chi connectivity index (χ1n) is 6.34. The van der Waals surface area contributed by atoms with Gasteiger partial charge in [0.1, 0.15) is 5.82 Å². The Morgan fingerprint density at radius 1 is 1.15 bits per heavy atom. The smallest absolute Gasteiger partial charge is 0.274 e. The summed E-state index contributed by atoms with van der Waals surface area (Å²) in [5, 5.41) is 13.9. The molecule has 0 saturated carbocycles. The van der Waals surface area contributed by atoms with Crippen molar-refractivity contribution in [1.82, 2.24) is 5.32 Å². The predicted octanol–water partition coefficient (Wildman–Crippen LogP) is 3.07. The van der Waals surface area contributed by atoms with Crippen LogP contribution < -0.4 is 5.32 Å². The molecule has 0 unspecified atom stereocenters. The second-order valence-electron chi connectivity index (χ2n) is 4.44. The van der Waals surface area contributed by atoms with E-state index in [2.05, 4.69) is 5.32 Å². The maximum atomic E-state index is 13.1. The van der Waals surface area contributed by atoms with Crippen molar-refractivity contribution in [2.24, 2.45) is 0 Å². The SMILES string of the molecule is O=[N+]([O-])c1ccc(F)cc1CNCCc1ccccc1. The summed E-state index contributed by atoms with van der Waals surface area (Å²) in [5.74, 6) is -0.463. The Morgan fingerprint density at radius 3 is 2.60 bits per heavy atom. The molecule has 0 spiro atoms. The molecule has 2 aromatic rings. The molecule has 0 heterocycles. The normalized spacial score (nSPS) is 10.4. The lowest BCUT2D eigenvalue weighted by atomic mass is 10.1. The molecule has 104 valence electrons. The summed E-state index contributed by atoms with van der Waals surface area (Å²) < 4.78 is 13.1. The average molecular weight is 274 g/mol. The predicted molar refractivity (Wildman–Crippen MR) is 74.9 cm³/mol. The van der Waals surface area contributed by atoms with Gasteiger partial charge in [-0.1, -0.05) is 30.3 Å². The molecule has 0 aliphatic rings. The molecule has 0 saturated heterocycles. The van der Waals surface area contributed by atoms with E-state index in [0.29, 0.717) is 12.1 Å². The van der Waals surface area contributed by atoms with Gasteiger partial charge in [-0.05, 0) is 30.7 Å². The maximum absolute atomic E-state index is 13.1. The van der Waals surface area contributed by atoms with E-state index in [4.69, 9.17) is 0 Å². The van der Waals surface area contributed by atoms with Gasteiger partial charge in [0.15, 0.2) is 0 Å². The molecular weight excluding hydrogens is 259 g/mol. The van der Waals surface area contributed by atoms with E-state index >= 15 is 0 Å². The van der Waals surface area contributed by atoms with Gasteiger partial charge in [0.05, 0.1) is 4.92 Å². The van der Waals surface area contributed by atoms with Gasteiger partial charge < -0.3 is 5.32 Å². The van der Waals surface area contributed by atoms with E-state index < -0.39 is 10.7 Å². The van der Waals surface area contributed by atoms with Crippen LogP contribution in [0.4, 0.5) is 10.1 Å². The maximum Gasteiger partial charge on any atom is 0.274 e. The van der Waals surface area contributed by atoms with Gasteiger partial charge in [0.2, 0.25) is 0 Å². The van der Waals surface area contributed by atoms with E-state index in [0.717, 1.165) is 12.5 Å². The molecule has 2 rings (SSSR count). The van der Waals surface area contributed by atoms with E-state index in [-0.39, 0.29) is 12.2 Å². The number of nitro benzene ring substituents is 1. The molecule has 20 heavy (non-hydrogen) atoms. The molecule has 0 atom stereocenters. The van der Waals surface area contributed by atoms with Crippen LogP contribution in [0.5, 0.6) is 0 Å². The molecule has 0 amide bonds. The molecule has 0 aliphatic carbocycles. The molecule has 0 aromatic heterocycles. The van der Waals surface area contributed by atoms with Gasteiger partial charge >= 0.3 is 0 Å². The highest BCUT2D eigenvalue weighted by atomic mass is 19.1. The van der Waals surface area contributed by atoms with Crippen LogP contribution in [0.2, 0.25) is 0 Å². The summed E-state index contributed by atoms with van der Waals surface area (Å²) in [6.07, 6.45) is 0.823. The first-order valence-corrected chi connectivity index (χ1v) is 6.34. The summed E-state index contributed by atoms with van der Waals surface area (Å²) in [6, 6.07) is 13.4. The Labute approximate surface area is 116 Å². The molecular formula is C15H15FN2O2. The summed E-state index contributed by atoms with van der Waals surface area (Å²) >= 11 is 0. The minimum absolute atomic E-state index is 0.0568. The molecule has 0 radical (unpaired) electrons. The molecule has 2 aromatic carbocycles. The highest BCUT2D eigenvalue weighted by molar-refractivity contribution is 5.40. The van der Waals surface area contributed by atoms with Crippen LogP contribution in [-0.2, 0) is 13.0 Å². The molecule has 1 N–H and O–H groups in total.